The van der Waals surface area contributed by atoms with Crippen molar-refractivity contribution < 1.29 is 5.11 Å². The first-order valence-electron chi connectivity index (χ1n) is 5.30. The molecule has 0 atom stereocenters. The van der Waals surface area contributed by atoms with Gasteiger partial charge < -0.3 is 16.2 Å². The van der Waals surface area contributed by atoms with Crippen molar-refractivity contribution >= 4 is 11.5 Å². The number of pyridine rings is 1. The van der Waals surface area contributed by atoms with E-state index in [0.717, 1.165) is 18.8 Å². The number of aliphatic hydroxyl groups is 1. The lowest BCUT2D eigenvalue weighted by atomic mass is 10.0. The molecular formula is C11H17N3O. The summed E-state index contributed by atoms with van der Waals surface area (Å²) in [7, 11) is 0. The molecule has 1 aliphatic rings. The Hall–Kier alpha value is -1.29. The molecule has 0 amide bonds. The van der Waals surface area contributed by atoms with Gasteiger partial charge in [0.15, 0.2) is 0 Å². The van der Waals surface area contributed by atoms with Crippen LogP contribution in [0.15, 0.2) is 18.3 Å². The van der Waals surface area contributed by atoms with Gasteiger partial charge in [-0.05, 0) is 36.8 Å². The highest BCUT2D eigenvalue weighted by Gasteiger charge is 2.41. The molecule has 82 valence electrons. The van der Waals surface area contributed by atoms with Crippen molar-refractivity contribution in [2.45, 2.75) is 19.3 Å². The van der Waals surface area contributed by atoms with Gasteiger partial charge in [0.1, 0.15) is 5.82 Å². The number of nitrogens with zero attached hydrogens (tertiary/aromatic N) is 1. The fourth-order valence-electron chi connectivity index (χ4n) is 1.72. The van der Waals surface area contributed by atoms with E-state index in [9.17, 15) is 0 Å². The number of aliphatic hydroxyl groups excluding tert-OH is 1. The minimum Gasteiger partial charge on any atom is -0.397 e. The summed E-state index contributed by atoms with van der Waals surface area (Å²) < 4.78 is 0. The van der Waals surface area contributed by atoms with E-state index in [2.05, 4.69) is 10.3 Å². The Bertz CT molecular complexity index is 319. The normalized spacial score (nSPS) is 17.4. The third-order valence-corrected chi connectivity index (χ3v) is 3.03. The van der Waals surface area contributed by atoms with E-state index in [-0.39, 0.29) is 6.61 Å². The molecule has 0 aliphatic heterocycles. The number of nitrogens with two attached hydrogens (primary N) is 1. The Kier molecular flexibility index (Phi) is 2.77. The monoisotopic (exact) mass is 207 g/mol. The Balaban J connectivity index is 1.85. The van der Waals surface area contributed by atoms with Gasteiger partial charge in [-0.15, -0.1) is 0 Å². The SMILES string of the molecule is Nc1ccc(NCC2(CCO)CC2)nc1. The minimum absolute atomic E-state index is 0.275. The molecule has 0 bridgehead atoms. The first kappa shape index (κ1) is 10.2. The van der Waals surface area contributed by atoms with E-state index >= 15 is 0 Å². The lowest BCUT2D eigenvalue weighted by molar-refractivity contribution is 0.253. The molecule has 1 fully saturated rings. The van der Waals surface area contributed by atoms with Crippen LogP contribution in [0.5, 0.6) is 0 Å². The first-order chi connectivity index (χ1) is 7.24. The minimum atomic E-state index is 0.275. The average molecular weight is 207 g/mol. The topological polar surface area (TPSA) is 71.2 Å². The Morgan fingerprint density at radius 1 is 1.47 bits per heavy atom. The van der Waals surface area contributed by atoms with E-state index in [1.807, 2.05) is 12.1 Å². The van der Waals surface area contributed by atoms with Crippen LogP contribution in [0.4, 0.5) is 11.5 Å². The van der Waals surface area contributed by atoms with Crippen molar-refractivity contribution in [1.29, 1.82) is 0 Å². The molecule has 4 N–H and O–H groups in total. The van der Waals surface area contributed by atoms with Gasteiger partial charge in [0, 0.05) is 13.2 Å². The van der Waals surface area contributed by atoms with E-state index < -0.39 is 0 Å². The summed E-state index contributed by atoms with van der Waals surface area (Å²) >= 11 is 0. The third kappa shape index (κ3) is 2.59. The molecule has 2 rings (SSSR count). The largest absolute Gasteiger partial charge is 0.397 e. The molecule has 4 nitrogen and oxygen atoms in total. The molecule has 0 aromatic carbocycles. The standard InChI is InChI=1S/C11H17N3O/c12-9-1-2-10(13-7-9)14-8-11(3-4-11)5-6-15/h1-2,7,15H,3-6,8,12H2,(H,13,14). The summed E-state index contributed by atoms with van der Waals surface area (Å²) in [5.41, 5.74) is 6.54. The Morgan fingerprint density at radius 3 is 2.80 bits per heavy atom. The van der Waals surface area contributed by atoms with Crippen molar-refractivity contribution in [2.75, 3.05) is 24.2 Å². The van der Waals surface area contributed by atoms with Gasteiger partial charge in [0.25, 0.3) is 0 Å². The number of aromatic nitrogens is 1. The van der Waals surface area contributed by atoms with E-state index in [1.54, 1.807) is 6.20 Å². The van der Waals surface area contributed by atoms with Gasteiger partial charge in [-0.25, -0.2) is 4.98 Å². The average Bonchev–Trinajstić information content (AvgIpc) is 2.99. The molecule has 1 aromatic heterocycles. The second-order valence-corrected chi connectivity index (χ2v) is 4.30. The summed E-state index contributed by atoms with van der Waals surface area (Å²) in [6, 6.07) is 3.71. The maximum absolute atomic E-state index is 8.92. The summed E-state index contributed by atoms with van der Waals surface area (Å²) in [6.07, 6.45) is 4.94. The van der Waals surface area contributed by atoms with Crippen molar-refractivity contribution in [2.24, 2.45) is 5.41 Å². The van der Waals surface area contributed by atoms with Gasteiger partial charge >= 0.3 is 0 Å². The van der Waals surface area contributed by atoms with Crippen molar-refractivity contribution in [3.63, 3.8) is 0 Å². The van der Waals surface area contributed by atoms with Gasteiger partial charge in [-0.3, -0.25) is 0 Å². The smallest absolute Gasteiger partial charge is 0.126 e. The van der Waals surface area contributed by atoms with Crippen LogP contribution in [0.1, 0.15) is 19.3 Å². The zero-order chi connectivity index (χ0) is 10.7. The number of anilines is 2. The Morgan fingerprint density at radius 2 is 2.27 bits per heavy atom. The molecule has 15 heavy (non-hydrogen) atoms. The highest BCUT2D eigenvalue weighted by Crippen LogP contribution is 2.48. The van der Waals surface area contributed by atoms with Gasteiger partial charge in [-0.2, -0.15) is 0 Å². The molecule has 1 aliphatic carbocycles. The fraction of sp³-hybridized carbons (Fsp3) is 0.545. The maximum atomic E-state index is 8.92. The summed E-state index contributed by atoms with van der Waals surface area (Å²) in [5.74, 6) is 0.855. The number of nitrogen functional groups attached to an aromatic ring is 1. The highest BCUT2D eigenvalue weighted by molar-refractivity contribution is 5.43. The second-order valence-electron chi connectivity index (χ2n) is 4.30. The summed E-state index contributed by atoms with van der Waals surface area (Å²) in [6.45, 7) is 1.17. The zero-order valence-electron chi connectivity index (χ0n) is 8.74. The van der Waals surface area contributed by atoms with Crippen LogP contribution in [-0.2, 0) is 0 Å². The predicted molar refractivity (Wildman–Crippen MR) is 60.5 cm³/mol. The van der Waals surface area contributed by atoms with Crippen LogP contribution in [0, 0.1) is 5.41 Å². The number of rotatable bonds is 5. The molecule has 0 saturated heterocycles. The Labute approximate surface area is 89.5 Å². The molecule has 1 aromatic rings. The second kappa shape index (κ2) is 4.06. The van der Waals surface area contributed by atoms with Crippen molar-refractivity contribution in [3.05, 3.63) is 18.3 Å². The van der Waals surface area contributed by atoms with Crippen LogP contribution in [-0.4, -0.2) is 23.2 Å². The molecule has 0 unspecified atom stereocenters. The molecule has 1 heterocycles. The molecule has 0 radical (unpaired) electrons. The number of hydrogen-bond acceptors (Lipinski definition) is 4. The molecule has 0 spiro atoms. The van der Waals surface area contributed by atoms with Crippen LogP contribution >= 0.6 is 0 Å². The quantitative estimate of drug-likeness (QED) is 0.679. The van der Waals surface area contributed by atoms with E-state index in [1.165, 1.54) is 12.8 Å². The van der Waals surface area contributed by atoms with Crippen molar-refractivity contribution in [3.8, 4) is 0 Å². The summed E-state index contributed by atoms with van der Waals surface area (Å²) in [4.78, 5) is 4.17. The zero-order valence-corrected chi connectivity index (χ0v) is 8.74. The van der Waals surface area contributed by atoms with Crippen LogP contribution in [0.25, 0.3) is 0 Å². The van der Waals surface area contributed by atoms with Gasteiger partial charge in [-0.1, -0.05) is 0 Å². The molecule has 4 heteroatoms. The molecular weight excluding hydrogens is 190 g/mol. The van der Waals surface area contributed by atoms with Crippen molar-refractivity contribution in [1.82, 2.24) is 4.98 Å². The van der Waals surface area contributed by atoms with E-state index in [4.69, 9.17) is 10.8 Å². The first-order valence-corrected chi connectivity index (χ1v) is 5.30. The van der Waals surface area contributed by atoms with Gasteiger partial charge in [0.2, 0.25) is 0 Å². The van der Waals surface area contributed by atoms with Crippen LogP contribution < -0.4 is 11.1 Å². The predicted octanol–water partition coefficient (Wildman–Crippen LogP) is 1.24. The highest BCUT2D eigenvalue weighted by atomic mass is 16.3. The third-order valence-electron chi connectivity index (χ3n) is 3.03. The number of nitrogens with one attached hydrogen (secondary N) is 1. The lowest BCUT2D eigenvalue weighted by Crippen LogP contribution is -2.17. The lowest BCUT2D eigenvalue weighted by Gasteiger charge is -2.14. The molecule has 1 saturated carbocycles. The van der Waals surface area contributed by atoms with Gasteiger partial charge in [0.05, 0.1) is 11.9 Å². The fourth-order valence-corrected chi connectivity index (χ4v) is 1.72. The van der Waals surface area contributed by atoms with Crippen LogP contribution in [0.2, 0.25) is 0 Å². The maximum Gasteiger partial charge on any atom is 0.126 e. The summed E-state index contributed by atoms with van der Waals surface area (Å²) in [5, 5.41) is 12.2. The van der Waals surface area contributed by atoms with Crippen LogP contribution in [0.3, 0.4) is 0 Å². The number of hydrogen-bond donors (Lipinski definition) is 3. The van der Waals surface area contributed by atoms with E-state index in [0.29, 0.717) is 11.1 Å².